The fraction of sp³-hybridized carbons (Fsp3) is 0.957. The molecule has 4 aliphatic carbocycles. The monoisotopic (exact) mass is 663 g/mol. The molecule has 0 aliphatic heterocycles. The Bertz CT molecular complexity index is 873. The number of allylic oxidation sites excluding steroid dienone is 2. The summed E-state index contributed by atoms with van der Waals surface area (Å²) in [6, 6.07) is 0. The molecule has 0 N–H and O–H groups in total. The molecule has 48 heavy (non-hydrogen) atoms. The SMILES string of the molecule is BC1CCC(CCCC(CCC)C(C)[C@H]2CC[C@@H](CCCCC[C@](CC)(C3=CCC(CC)CC3)[C@H]3CC[C@@H](CC)CC3)CC2)CC1CC. The first-order valence-corrected chi connectivity index (χ1v) is 23.1. The molecule has 0 bridgehead atoms. The standard InChI is InChI=1S/C47H87B/c1-7-16-42(19-15-18-40-26-33-46(48)41(10-4)35-40)36(6)43-27-20-39(21-28-43)17-13-12-14-34-47(11-5,44-29-22-37(8-2)23-30-44)45-31-24-38(9-3)25-32-45/h29,36-43,45-46H,7-28,30-35,48H2,1-6H3/t36?,37?,38-,39-,40?,41?,42?,43+,45+,46?,47-/m1/s1. The summed E-state index contributed by atoms with van der Waals surface area (Å²) < 4.78 is 0. The summed E-state index contributed by atoms with van der Waals surface area (Å²) in [5.74, 6) is 9.96. The van der Waals surface area contributed by atoms with Crippen LogP contribution in [0.2, 0.25) is 5.82 Å². The highest BCUT2D eigenvalue weighted by molar-refractivity contribution is 6.11. The topological polar surface area (TPSA) is 0 Å². The van der Waals surface area contributed by atoms with Crippen LogP contribution in [0.25, 0.3) is 0 Å². The Morgan fingerprint density at radius 2 is 1.38 bits per heavy atom. The van der Waals surface area contributed by atoms with Crippen LogP contribution in [0.5, 0.6) is 0 Å². The molecule has 0 nitrogen and oxygen atoms in total. The van der Waals surface area contributed by atoms with Gasteiger partial charge in [0.2, 0.25) is 0 Å². The second-order valence-corrected chi connectivity index (χ2v) is 19.0. The summed E-state index contributed by atoms with van der Waals surface area (Å²) in [6.45, 7) is 15.0. The molecule has 0 radical (unpaired) electrons. The van der Waals surface area contributed by atoms with Gasteiger partial charge in [-0.05, 0) is 123 Å². The lowest BCUT2D eigenvalue weighted by molar-refractivity contribution is 0.105. The van der Waals surface area contributed by atoms with Gasteiger partial charge in [-0.15, -0.1) is 0 Å². The summed E-state index contributed by atoms with van der Waals surface area (Å²) in [6.07, 6.45) is 44.3. The van der Waals surface area contributed by atoms with Gasteiger partial charge >= 0.3 is 0 Å². The van der Waals surface area contributed by atoms with E-state index in [-0.39, 0.29) is 0 Å². The highest BCUT2D eigenvalue weighted by atomic mass is 14.5. The van der Waals surface area contributed by atoms with Crippen LogP contribution < -0.4 is 0 Å². The minimum absolute atomic E-state index is 0.535. The van der Waals surface area contributed by atoms with E-state index in [2.05, 4.69) is 55.5 Å². The summed E-state index contributed by atoms with van der Waals surface area (Å²) in [4.78, 5) is 0. The Balaban J connectivity index is 1.18. The van der Waals surface area contributed by atoms with Crippen LogP contribution in [0.4, 0.5) is 0 Å². The van der Waals surface area contributed by atoms with Crippen molar-refractivity contribution in [2.75, 3.05) is 0 Å². The molecule has 0 amide bonds. The van der Waals surface area contributed by atoms with Gasteiger partial charge in [0.15, 0.2) is 0 Å². The van der Waals surface area contributed by atoms with Crippen LogP contribution >= 0.6 is 0 Å². The third-order valence-electron chi connectivity index (χ3n) is 16.5. The molecule has 0 heterocycles. The van der Waals surface area contributed by atoms with E-state index in [1.807, 2.05) is 5.57 Å². The minimum Gasteiger partial charge on any atom is -0.0845 e. The van der Waals surface area contributed by atoms with Crippen LogP contribution in [-0.4, -0.2) is 7.85 Å². The van der Waals surface area contributed by atoms with E-state index in [0.717, 1.165) is 59.1 Å². The maximum Gasteiger partial charge on any atom is 0.105 e. The lowest BCUT2D eigenvalue weighted by Crippen LogP contribution is -2.36. The van der Waals surface area contributed by atoms with Gasteiger partial charge < -0.3 is 0 Å². The van der Waals surface area contributed by atoms with Crippen molar-refractivity contribution >= 4 is 7.85 Å². The summed E-state index contributed by atoms with van der Waals surface area (Å²) in [7, 11) is 2.52. The molecule has 7 atom stereocenters. The Morgan fingerprint density at radius 3 is 2.00 bits per heavy atom. The van der Waals surface area contributed by atoms with E-state index < -0.39 is 0 Å². The first kappa shape index (κ1) is 40.6. The van der Waals surface area contributed by atoms with Gasteiger partial charge in [-0.3, -0.25) is 0 Å². The van der Waals surface area contributed by atoms with E-state index in [9.17, 15) is 0 Å². The van der Waals surface area contributed by atoms with Crippen molar-refractivity contribution in [3.05, 3.63) is 11.6 Å². The fourth-order valence-electron chi connectivity index (χ4n) is 12.6. The molecule has 3 fully saturated rings. The van der Waals surface area contributed by atoms with Crippen molar-refractivity contribution < 1.29 is 0 Å². The van der Waals surface area contributed by atoms with Crippen molar-refractivity contribution in [1.82, 2.24) is 0 Å². The molecule has 278 valence electrons. The summed E-state index contributed by atoms with van der Waals surface area (Å²) >= 11 is 0. The van der Waals surface area contributed by atoms with Crippen molar-refractivity contribution in [2.24, 2.45) is 58.7 Å². The minimum atomic E-state index is 0.535. The average molecular weight is 663 g/mol. The lowest BCUT2D eigenvalue weighted by atomic mass is 9.58. The van der Waals surface area contributed by atoms with E-state index >= 15 is 0 Å². The van der Waals surface area contributed by atoms with Gasteiger partial charge in [-0.1, -0.05) is 175 Å². The largest absolute Gasteiger partial charge is 0.105 e. The molecule has 3 saturated carbocycles. The van der Waals surface area contributed by atoms with Gasteiger partial charge in [0, 0.05) is 0 Å². The molecule has 0 aromatic carbocycles. The highest BCUT2D eigenvalue weighted by Gasteiger charge is 2.42. The van der Waals surface area contributed by atoms with Crippen molar-refractivity contribution in [2.45, 2.75) is 227 Å². The normalized spacial score (nSPS) is 34.2. The molecule has 4 rings (SSSR count). The zero-order valence-corrected chi connectivity index (χ0v) is 34.1. The Morgan fingerprint density at radius 1 is 0.688 bits per heavy atom. The van der Waals surface area contributed by atoms with E-state index in [1.165, 1.54) is 180 Å². The van der Waals surface area contributed by atoms with E-state index in [4.69, 9.17) is 0 Å². The van der Waals surface area contributed by atoms with Gasteiger partial charge in [0.05, 0.1) is 0 Å². The van der Waals surface area contributed by atoms with Crippen LogP contribution in [0.3, 0.4) is 0 Å². The molecular weight excluding hydrogens is 575 g/mol. The molecule has 0 aromatic rings. The van der Waals surface area contributed by atoms with Crippen molar-refractivity contribution in [3.63, 3.8) is 0 Å². The van der Waals surface area contributed by atoms with Crippen LogP contribution in [0.15, 0.2) is 11.6 Å². The quantitative estimate of drug-likeness (QED) is 0.0691. The number of rotatable bonds is 20. The Labute approximate surface area is 304 Å². The van der Waals surface area contributed by atoms with Gasteiger partial charge in [0.1, 0.15) is 7.85 Å². The molecule has 6 unspecified atom stereocenters. The first-order chi connectivity index (χ1) is 23.4. The zero-order valence-electron chi connectivity index (χ0n) is 34.1. The Kier molecular flexibility index (Phi) is 18.1. The third kappa shape index (κ3) is 11.4. The maximum atomic E-state index is 2.79. The van der Waals surface area contributed by atoms with Crippen molar-refractivity contribution in [1.29, 1.82) is 0 Å². The Hall–Kier alpha value is -0.195. The van der Waals surface area contributed by atoms with E-state index in [0.29, 0.717) is 5.41 Å². The lowest BCUT2D eigenvalue weighted by Gasteiger charge is -2.47. The van der Waals surface area contributed by atoms with E-state index in [1.54, 1.807) is 0 Å². The maximum absolute atomic E-state index is 2.79. The average Bonchev–Trinajstić information content (AvgIpc) is 3.13. The predicted molar refractivity (Wildman–Crippen MR) is 218 cm³/mol. The second-order valence-electron chi connectivity index (χ2n) is 19.0. The summed E-state index contributed by atoms with van der Waals surface area (Å²) in [5, 5.41) is 0. The molecule has 0 aromatic heterocycles. The smallest absolute Gasteiger partial charge is 0.0845 e. The molecule has 0 saturated heterocycles. The highest BCUT2D eigenvalue weighted by Crippen LogP contribution is 2.53. The van der Waals surface area contributed by atoms with Crippen LogP contribution in [-0.2, 0) is 0 Å². The summed E-state index contributed by atoms with van der Waals surface area (Å²) in [5.41, 5.74) is 2.46. The fourth-order valence-corrected chi connectivity index (χ4v) is 12.6. The van der Waals surface area contributed by atoms with Crippen LogP contribution in [0, 0.1) is 58.7 Å². The van der Waals surface area contributed by atoms with Crippen molar-refractivity contribution in [3.8, 4) is 0 Å². The molecule has 0 spiro atoms. The molecular formula is C47H87B. The third-order valence-corrected chi connectivity index (χ3v) is 16.5. The molecule has 1 heteroatoms. The van der Waals surface area contributed by atoms with Gasteiger partial charge in [-0.2, -0.15) is 0 Å². The van der Waals surface area contributed by atoms with Gasteiger partial charge in [0.25, 0.3) is 0 Å². The van der Waals surface area contributed by atoms with Crippen LogP contribution in [0.1, 0.15) is 221 Å². The number of hydrogen-bond acceptors (Lipinski definition) is 0. The predicted octanol–water partition coefficient (Wildman–Crippen LogP) is 15.0. The number of unbranched alkanes of at least 4 members (excludes halogenated alkanes) is 2. The first-order valence-electron chi connectivity index (χ1n) is 23.1. The van der Waals surface area contributed by atoms with Gasteiger partial charge in [-0.25, -0.2) is 0 Å². The second kappa shape index (κ2) is 21.4. The number of hydrogen-bond donors (Lipinski definition) is 0. The zero-order chi connectivity index (χ0) is 34.4. The molecule has 4 aliphatic rings.